The van der Waals surface area contributed by atoms with Crippen LogP contribution in [0.4, 0.5) is 0 Å². The van der Waals surface area contributed by atoms with Crippen LogP contribution in [0, 0.1) is 12.8 Å². The first-order valence-electron chi connectivity index (χ1n) is 8.26. The van der Waals surface area contributed by atoms with Gasteiger partial charge in [-0.2, -0.15) is 11.8 Å². The van der Waals surface area contributed by atoms with Crippen molar-refractivity contribution in [2.75, 3.05) is 11.5 Å². The van der Waals surface area contributed by atoms with Gasteiger partial charge in [0.05, 0.1) is 16.6 Å². The highest BCUT2D eigenvalue weighted by molar-refractivity contribution is 7.99. The molecule has 0 aliphatic carbocycles. The molecule has 1 saturated heterocycles. The molecule has 0 atom stereocenters. The van der Waals surface area contributed by atoms with Crippen LogP contribution in [0.15, 0.2) is 16.9 Å². The lowest BCUT2D eigenvalue weighted by Crippen LogP contribution is -2.16. The van der Waals surface area contributed by atoms with Gasteiger partial charge >= 0.3 is 5.97 Å². The minimum absolute atomic E-state index is 0.182. The van der Waals surface area contributed by atoms with Crippen molar-refractivity contribution in [3.63, 3.8) is 0 Å². The van der Waals surface area contributed by atoms with E-state index in [0.29, 0.717) is 17.0 Å². The summed E-state index contributed by atoms with van der Waals surface area (Å²) in [6.45, 7) is 1.75. The standard InChI is InChI=1S/C17H18N4O3S/c1-9-6-13-12(8-11(9)17(23)24)18-16(22)15-20-19-14(21(13)15)7-10-2-4-25-5-3-10/h6,8,10H,2-5,7H2,1H3,(H,18,22)(H,23,24). The van der Waals surface area contributed by atoms with Crippen LogP contribution in [0.25, 0.3) is 16.7 Å². The molecule has 1 aliphatic heterocycles. The Morgan fingerprint density at radius 2 is 2.12 bits per heavy atom. The normalized spacial score (nSPS) is 15.9. The fraction of sp³-hybridized carbons (Fsp3) is 0.412. The number of H-pyrrole nitrogens is 1. The van der Waals surface area contributed by atoms with Crippen LogP contribution >= 0.6 is 11.8 Å². The molecule has 130 valence electrons. The second-order valence-electron chi connectivity index (χ2n) is 6.48. The molecule has 0 spiro atoms. The number of hydrogen-bond donors (Lipinski definition) is 2. The zero-order chi connectivity index (χ0) is 17.6. The number of nitrogens with one attached hydrogen (secondary N) is 1. The number of aryl methyl sites for hydroxylation is 1. The molecular formula is C17H18N4O3S. The van der Waals surface area contributed by atoms with Crippen molar-refractivity contribution in [3.05, 3.63) is 39.4 Å². The Labute approximate surface area is 147 Å². The Bertz CT molecular complexity index is 1030. The quantitative estimate of drug-likeness (QED) is 0.745. The second-order valence-corrected chi connectivity index (χ2v) is 7.70. The summed E-state index contributed by atoms with van der Waals surface area (Å²) in [6, 6.07) is 3.29. The largest absolute Gasteiger partial charge is 0.478 e. The van der Waals surface area contributed by atoms with E-state index in [0.717, 1.165) is 42.1 Å². The number of aromatic carboxylic acids is 1. The first-order chi connectivity index (χ1) is 12.0. The zero-order valence-corrected chi connectivity index (χ0v) is 14.6. The third kappa shape index (κ3) is 2.80. The van der Waals surface area contributed by atoms with E-state index in [2.05, 4.69) is 15.2 Å². The lowest BCUT2D eigenvalue weighted by Gasteiger charge is -2.20. The van der Waals surface area contributed by atoms with Crippen molar-refractivity contribution in [1.29, 1.82) is 0 Å². The van der Waals surface area contributed by atoms with Gasteiger partial charge in [-0.05, 0) is 54.9 Å². The Hall–Kier alpha value is -2.35. The van der Waals surface area contributed by atoms with E-state index in [1.165, 1.54) is 6.07 Å². The minimum atomic E-state index is -1.01. The molecule has 1 fully saturated rings. The molecule has 0 amide bonds. The number of carbonyl (C=O) groups is 1. The number of carboxylic acid groups (broad SMARTS) is 1. The van der Waals surface area contributed by atoms with Crippen LogP contribution in [-0.4, -0.2) is 42.2 Å². The summed E-state index contributed by atoms with van der Waals surface area (Å²) >= 11 is 1.97. The topological polar surface area (TPSA) is 100 Å². The van der Waals surface area contributed by atoms with E-state index >= 15 is 0 Å². The molecule has 7 nitrogen and oxygen atoms in total. The summed E-state index contributed by atoms with van der Waals surface area (Å²) in [4.78, 5) is 26.4. The van der Waals surface area contributed by atoms with Gasteiger partial charge < -0.3 is 10.1 Å². The number of aromatic amines is 1. The van der Waals surface area contributed by atoms with Crippen molar-refractivity contribution < 1.29 is 9.90 Å². The molecule has 1 aromatic carbocycles. The Morgan fingerprint density at radius 1 is 1.36 bits per heavy atom. The Morgan fingerprint density at radius 3 is 2.84 bits per heavy atom. The molecule has 0 unspecified atom stereocenters. The van der Waals surface area contributed by atoms with Gasteiger partial charge in [-0.3, -0.25) is 9.20 Å². The lowest BCUT2D eigenvalue weighted by molar-refractivity contribution is 0.0696. The van der Waals surface area contributed by atoms with Crippen molar-refractivity contribution in [1.82, 2.24) is 19.6 Å². The van der Waals surface area contributed by atoms with Crippen LogP contribution in [0.2, 0.25) is 0 Å². The van der Waals surface area contributed by atoms with Gasteiger partial charge in [-0.1, -0.05) is 0 Å². The minimum Gasteiger partial charge on any atom is -0.478 e. The highest BCUT2D eigenvalue weighted by Gasteiger charge is 2.20. The van der Waals surface area contributed by atoms with Crippen molar-refractivity contribution in [2.45, 2.75) is 26.2 Å². The third-order valence-corrected chi connectivity index (χ3v) is 5.86. The van der Waals surface area contributed by atoms with Crippen LogP contribution in [0.5, 0.6) is 0 Å². The van der Waals surface area contributed by atoms with E-state index in [1.807, 2.05) is 11.8 Å². The molecule has 1 aliphatic rings. The molecule has 3 aromatic rings. The zero-order valence-electron chi connectivity index (χ0n) is 13.8. The van der Waals surface area contributed by atoms with Crippen molar-refractivity contribution >= 4 is 34.4 Å². The van der Waals surface area contributed by atoms with Crippen molar-refractivity contribution in [3.8, 4) is 0 Å². The number of fused-ring (bicyclic) bond motifs is 3. The first kappa shape index (κ1) is 16.1. The summed E-state index contributed by atoms with van der Waals surface area (Å²) in [6.07, 6.45) is 3.06. The Kier molecular flexibility index (Phi) is 3.99. The average Bonchev–Trinajstić information content (AvgIpc) is 3.00. The maximum absolute atomic E-state index is 12.3. The van der Waals surface area contributed by atoms with Gasteiger partial charge in [0, 0.05) is 6.42 Å². The number of rotatable bonds is 3. The highest BCUT2D eigenvalue weighted by atomic mass is 32.2. The lowest BCUT2D eigenvalue weighted by atomic mass is 9.98. The molecule has 2 N–H and O–H groups in total. The summed E-state index contributed by atoms with van der Waals surface area (Å²) in [5.41, 5.74) is 1.95. The third-order valence-electron chi connectivity index (χ3n) is 4.81. The van der Waals surface area contributed by atoms with Crippen molar-refractivity contribution in [2.24, 2.45) is 5.92 Å². The van der Waals surface area contributed by atoms with Crippen LogP contribution < -0.4 is 5.56 Å². The fourth-order valence-electron chi connectivity index (χ4n) is 3.44. The number of aromatic nitrogens is 4. The van der Waals surface area contributed by atoms with Crippen LogP contribution in [0.3, 0.4) is 0 Å². The predicted molar refractivity (Wildman–Crippen MR) is 96.6 cm³/mol. The predicted octanol–water partition coefficient (Wildman–Crippen LogP) is 2.26. The molecule has 8 heteroatoms. The molecule has 2 aromatic heterocycles. The number of carboxylic acids is 1. The van der Waals surface area contributed by atoms with Gasteiger partial charge in [0.1, 0.15) is 5.82 Å². The first-order valence-corrected chi connectivity index (χ1v) is 9.41. The Balaban J connectivity index is 1.91. The molecule has 25 heavy (non-hydrogen) atoms. The van der Waals surface area contributed by atoms with Gasteiger partial charge in [-0.25, -0.2) is 4.79 Å². The maximum atomic E-state index is 12.3. The average molecular weight is 358 g/mol. The summed E-state index contributed by atoms with van der Waals surface area (Å²) in [5.74, 6) is 2.62. The number of nitrogens with zero attached hydrogens (tertiary/aromatic N) is 3. The maximum Gasteiger partial charge on any atom is 0.336 e. The number of hydrogen-bond acceptors (Lipinski definition) is 5. The molecular weight excluding hydrogens is 340 g/mol. The number of benzene rings is 1. The molecule has 0 radical (unpaired) electrons. The monoisotopic (exact) mass is 358 g/mol. The fourth-order valence-corrected chi connectivity index (χ4v) is 4.65. The van der Waals surface area contributed by atoms with E-state index < -0.39 is 5.97 Å². The number of thioether (sulfide) groups is 1. The van der Waals surface area contributed by atoms with Gasteiger partial charge in [0.25, 0.3) is 5.56 Å². The summed E-state index contributed by atoms with van der Waals surface area (Å²) in [7, 11) is 0. The highest BCUT2D eigenvalue weighted by Crippen LogP contribution is 2.26. The van der Waals surface area contributed by atoms with E-state index in [-0.39, 0.29) is 16.8 Å². The van der Waals surface area contributed by atoms with Gasteiger partial charge in [0.15, 0.2) is 0 Å². The van der Waals surface area contributed by atoms with Crippen LogP contribution in [-0.2, 0) is 6.42 Å². The van der Waals surface area contributed by atoms with Crippen LogP contribution in [0.1, 0.15) is 34.6 Å². The summed E-state index contributed by atoms with van der Waals surface area (Å²) in [5, 5.41) is 17.6. The molecule has 4 rings (SSSR count). The van der Waals surface area contributed by atoms with E-state index in [1.54, 1.807) is 17.4 Å². The summed E-state index contributed by atoms with van der Waals surface area (Å²) < 4.78 is 1.79. The smallest absolute Gasteiger partial charge is 0.336 e. The molecule has 3 heterocycles. The van der Waals surface area contributed by atoms with E-state index in [9.17, 15) is 14.7 Å². The molecule has 0 saturated carbocycles. The van der Waals surface area contributed by atoms with E-state index in [4.69, 9.17) is 0 Å². The van der Waals surface area contributed by atoms with Gasteiger partial charge in [-0.15, -0.1) is 10.2 Å². The molecule has 0 bridgehead atoms. The van der Waals surface area contributed by atoms with Gasteiger partial charge in [0.2, 0.25) is 5.65 Å². The second kappa shape index (κ2) is 6.18. The SMILES string of the molecule is Cc1cc2c(cc1C(=O)O)[nH]c(=O)c1nnc(CC3CCSCC3)n12.